The van der Waals surface area contributed by atoms with Crippen molar-refractivity contribution in [2.75, 3.05) is 0 Å². The van der Waals surface area contributed by atoms with E-state index in [2.05, 4.69) is 50.7 Å². The highest BCUT2D eigenvalue weighted by molar-refractivity contribution is 5.37. The normalized spacial score (nSPS) is 13.3. The first-order valence-corrected chi connectivity index (χ1v) is 5.34. The Kier molecular flexibility index (Phi) is 3.19. The van der Waals surface area contributed by atoms with Gasteiger partial charge in [0.05, 0.1) is 0 Å². The molecular formula is C14H19N. The molecule has 80 valence electrons. The summed E-state index contributed by atoms with van der Waals surface area (Å²) in [5, 5.41) is 0. The van der Waals surface area contributed by atoms with E-state index in [0.29, 0.717) is 0 Å². The summed E-state index contributed by atoms with van der Waals surface area (Å²) in [6.45, 7) is 17.7. The van der Waals surface area contributed by atoms with Crippen molar-refractivity contribution in [1.82, 2.24) is 0 Å². The lowest BCUT2D eigenvalue weighted by atomic mass is 9.84. The minimum Gasteiger partial charge on any atom is -0.309 e. The Morgan fingerprint density at radius 3 is 2.33 bits per heavy atom. The molecule has 0 heterocycles. The van der Waals surface area contributed by atoms with Crippen LogP contribution in [0.1, 0.15) is 50.4 Å². The van der Waals surface area contributed by atoms with Crippen LogP contribution < -0.4 is 0 Å². The fourth-order valence-electron chi connectivity index (χ4n) is 1.63. The van der Waals surface area contributed by atoms with Gasteiger partial charge in [0, 0.05) is 12.5 Å². The third-order valence-electron chi connectivity index (χ3n) is 2.79. The molecule has 0 amide bonds. The van der Waals surface area contributed by atoms with E-state index in [1.54, 1.807) is 0 Å². The minimum absolute atomic E-state index is 0.0349. The largest absolute Gasteiger partial charge is 0.309 e. The molecule has 0 fully saturated rings. The lowest BCUT2D eigenvalue weighted by molar-refractivity contribution is 0.588. The zero-order chi connectivity index (χ0) is 11.6. The van der Waals surface area contributed by atoms with Gasteiger partial charge < -0.3 is 4.85 Å². The number of rotatable bonds is 1. The fourth-order valence-corrected chi connectivity index (χ4v) is 1.63. The van der Waals surface area contributed by atoms with Gasteiger partial charge in [0.15, 0.2) is 0 Å². The van der Waals surface area contributed by atoms with Crippen LogP contribution in [-0.2, 0) is 5.41 Å². The van der Waals surface area contributed by atoms with Crippen LogP contribution in [0.3, 0.4) is 0 Å². The molecular weight excluding hydrogens is 182 g/mol. The highest BCUT2D eigenvalue weighted by atomic mass is 14.7. The first-order valence-electron chi connectivity index (χ1n) is 5.34. The topological polar surface area (TPSA) is 4.36 Å². The second-order valence-electron chi connectivity index (χ2n) is 5.13. The average molecular weight is 201 g/mol. The SMILES string of the molecule is [C-]#[N+]C(C)c1cc(C(C)(C)C)ccc1C. The second-order valence-corrected chi connectivity index (χ2v) is 5.13. The molecule has 0 aliphatic rings. The van der Waals surface area contributed by atoms with Gasteiger partial charge in [-0.1, -0.05) is 32.9 Å². The van der Waals surface area contributed by atoms with Crippen molar-refractivity contribution in [1.29, 1.82) is 0 Å². The Balaban J connectivity index is 3.24. The van der Waals surface area contributed by atoms with Crippen LogP contribution in [0.5, 0.6) is 0 Å². The van der Waals surface area contributed by atoms with Crippen LogP contribution in [0.25, 0.3) is 4.85 Å². The maximum Gasteiger partial charge on any atom is 0.246 e. The standard InChI is InChI=1S/C14H19N/c1-10-7-8-12(14(3,4)5)9-13(10)11(2)15-6/h7-9,11H,1-5H3. The predicted molar refractivity (Wildman–Crippen MR) is 64.9 cm³/mol. The van der Waals surface area contributed by atoms with Gasteiger partial charge >= 0.3 is 0 Å². The zero-order valence-electron chi connectivity index (χ0n) is 10.3. The molecule has 0 bridgehead atoms. The van der Waals surface area contributed by atoms with Gasteiger partial charge in [-0.2, -0.15) is 0 Å². The van der Waals surface area contributed by atoms with Gasteiger partial charge in [-0.05, 0) is 29.5 Å². The van der Waals surface area contributed by atoms with Gasteiger partial charge in [0.25, 0.3) is 0 Å². The predicted octanol–water partition coefficient (Wildman–Crippen LogP) is 4.27. The summed E-state index contributed by atoms with van der Waals surface area (Å²) >= 11 is 0. The molecule has 0 saturated heterocycles. The Morgan fingerprint density at radius 1 is 1.27 bits per heavy atom. The van der Waals surface area contributed by atoms with Gasteiger partial charge in [-0.25, -0.2) is 6.57 Å². The lowest BCUT2D eigenvalue weighted by Gasteiger charge is -2.20. The first kappa shape index (κ1) is 11.8. The van der Waals surface area contributed by atoms with Gasteiger partial charge in [-0.15, -0.1) is 0 Å². The monoisotopic (exact) mass is 201 g/mol. The molecule has 0 saturated carbocycles. The summed E-state index contributed by atoms with van der Waals surface area (Å²) < 4.78 is 0. The Hall–Kier alpha value is -1.29. The van der Waals surface area contributed by atoms with Gasteiger partial charge in [0.1, 0.15) is 0 Å². The Labute approximate surface area is 93.0 Å². The first-order chi connectivity index (χ1) is 6.86. The summed E-state index contributed by atoms with van der Waals surface area (Å²) in [5.41, 5.74) is 3.84. The summed E-state index contributed by atoms with van der Waals surface area (Å²) in [4.78, 5) is 3.59. The molecule has 15 heavy (non-hydrogen) atoms. The van der Waals surface area contributed by atoms with E-state index in [0.717, 1.165) is 5.56 Å². The minimum atomic E-state index is -0.0349. The summed E-state index contributed by atoms with van der Waals surface area (Å²) in [6.07, 6.45) is 0. The Morgan fingerprint density at radius 2 is 1.87 bits per heavy atom. The third-order valence-corrected chi connectivity index (χ3v) is 2.79. The third kappa shape index (κ3) is 2.59. The van der Waals surface area contributed by atoms with Crippen LogP contribution in [0.15, 0.2) is 18.2 Å². The van der Waals surface area contributed by atoms with Crippen molar-refractivity contribution >= 4 is 0 Å². The van der Waals surface area contributed by atoms with Crippen molar-refractivity contribution < 1.29 is 0 Å². The molecule has 1 aromatic rings. The highest BCUT2D eigenvalue weighted by Crippen LogP contribution is 2.28. The molecule has 1 unspecified atom stereocenters. The van der Waals surface area contributed by atoms with E-state index in [4.69, 9.17) is 6.57 Å². The van der Waals surface area contributed by atoms with Crippen LogP contribution in [0.4, 0.5) is 0 Å². The second kappa shape index (κ2) is 4.06. The number of aryl methyl sites for hydroxylation is 1. The smallest absolute Gasteiger partial charge is 0.246 e. The quantitative estimate of drug-likeness (QED) is 0.597. The van der Waals surface area contributed by atoms with E-state index in [1.165, 1.54) is 11.1 Å². The van der Waals surface area contributed by atoms with E-state index >= 15 is 0 Å². The molecule has 0 aliphatic heterocycles. The number of nitrogens with zero attached hydrogens (tertiary/aromatic N) is 1. The van der Waals surface area contributed by atoms with Gasteiger partial charge in [0.2, 0.25) is 6.04 Å². The molecule has 0 N–H and O–H groups in total. The number of benzene rings is 1. The van der Waals surface area contributed by atoms with Crippen molar-refractivity contribution in [3.05, 3.63) is 46.3 Å². The molecule has 0 aromatic heterocycles. The molecule has 0 aliphatic carbocycles. The zero-order valence-corrected chi connectivity index (χ0v) is 10.3. The van der Waals surface area contributed by atoms with Crippen molar-refractivity contribution in [2.24, 2.45) is 0 Å². The van der Waals surface area contributed by atoms with E-state index < -0.39 is 0 Å². The van der Waals surface area contributed by atoms with E-state index in [1.807, 2.05) is 6.92 Å². The maximum absolute atomic E-state index is 7.09. The molecule has 0 spiro atoms. The van der Waals surface area contributed by atoms with Gasteiger partial charge in [-0.3, -0.25) is 0 Å². The maximum atomic E-state index is 7.09. The summed E-state index contributed by atoms with van der Waals surface area (Å²) in [6, 6.07) is 6.43. The van der Waals surface area contributed by atoms with Crippen LogP contribution >= 0.6 is 0 Å². The van der Waals surface area contributed by atoms with Crippen molar-refractivity contribution in [3.8, 4) is 0 Å². The van der Waals surface area contributed by atoms with Crippen molar-refractivity contribution in [2.45, 2.75) is 46.1 Å². The van der Waals surface area contributed by atoms with Crippen LogP contribution in [0, 0.1) is 13.5 Å². The molecule has 0 radical (unpaired) electrons. The van der Waals surface area contributed by atoms with E-state index in [9.17, 15) is 0 Å². The molecule has 1 nitrogen and oxygen atoms in total. The summed E-state index contributed by atoms with van der Waals surface area (Å²) in [7, 11) is 0. The summed E-state index contributed by atoms with van der Waals surface area (Å²) in [5.74, 6) is 0. The molecule has 1 aromatic carbocycles. The average Bonchev–Trinajstić information content (AvgIpc) is 2.15. The Bertz CT molecular complexity index is 391. The van der Waals surface area contributed by atoms with E-state index in [-0.39, 0.29) is 11.5 Å². The lowest BCUT2D eigenvalue weighted by Crippen LogP contribution is -2.12. The molecule has 1 atom stereocenters. The van der Waals surface area contributed by atoms with Crippen LogP contribution in [-0.4, -0.2) is 0 Å². The van der Waals surface area contributed by atoms with Crippen molar-refractivity contribution in [3.63, 3.8) is 0 Å². The number of hydrogen-bond acceptors (Lipinski definition) is 0. The molecule has 1 heteroatoms. The fraction of sp³-hybridized carbons (Fsp3) is 0.500. The highest BCUT2D eigenvalue weighted by Gasteiger charge is 2.18. The van der Waals surface area contributed by atoms with Crippen LogP contribution in [0.2, 0.25) is 0 Å². The number of hydrogen-bond donors (Lipinski definition) is 0. The molecule has 1 rings (SSSR count).